The Morgan fingerprint density at radius 1 is 1.26 bits per heavy atom. The van der Waals surface area contributed by atoms with Crippen LogP contribution in [0.25, 0.3) is 0 Å². The van der Waals surface area contributed by atoms with Gasteiger partial charge in [-0.2, -0.15) is 0 Å². The molecule has 0 saturated carbocycles. The van der Waals surface area contributed by atoms with E-state index in [0.717, 1.165) is 47.6 Å². The van der Waals surface area contributed by atoms with Crippen LogP contribution in [0, 0.1) is 5.92 Å². The van der Waals surface area contributed by atoms with Gasteiger partial charge in [0.15, 0.2) is 0 Å². The van der Waals surface area contributed by atoms with Crippen LogP contribution in [0.3, 0.4) is 0 Å². The van der Waals surface area contributed by atoms with Crippen LogP contribution < -0.4 is 9.47 Å². The van der Waals surface area contributed by atoms with E-state index in [4.69, 9.17) is 25.8 Å². The molecule has 0 bridgehead atoms. The molecule has 1 saturated heterocycles. The van der Waals surface area contributed by atoms with E-state index >= 15 is 0 Å². The summed E-state index contributed by atoms with van der Waals surface area (Å²) < 4.78 is 17.0. The van der Waals surface area contributed by atoms with Crippen LogP contribution >= 0.6 is 27.5 Å². The molecule has 106 valence electrons. The third kappa shape index (κ3) is 3.18. The van der Waals surface area contributed by atoms with Crippen molar-refractivity contribution in [1.82, 2.24) is 0 Å². The molecule has 0 aliphatic carbocycles. The van der Waals surface area contributed by atoms with E-state index in [1.165, 1.54) is 0 Å². The fourth-order valence-corrected chi connectivity index (χ4v) is 3.51. The van der Waals surface area contributed by atoms with Crippen LogP contribution in [0.15, 0.2) is 16.6 Å². The van der Waals surface area contributed by atoms with Gasteiger partial charge in [0.05, 0.1) is 19.6 Å². The fraction of sp³-hybridized carbons (Fsp3) is 0.571. The Morgan fingerprint density at radius 3 is 2.53 bits per heavy atom. The normalized spacial score (nSPS) is 18.1. The lowest BCUT2D eigenvalue weighted by atomic mass is 9.91. The molecule has 0 amide bonds. The van der Waals surface area contributed by atoms with Crippen LogP contribution in [0.4, 0.5) is 0 Å². The maximum Gasteiger partial charge on any atom is 0.141 e. The first kappa shape index (κ1) is 14.9. The van der Waals surface area contributed by atoms with E-state index in [0.29, 0.717) is 5.92 Å². The van der Waals surface area contributed by atoms with Crippen molar-refractivity contribution in [2.75, 3.05) is 27.4 Å². The highest BCUT2D eigenvalue weighted by molar-refractivity contribution is 9.10. The first-order valence-electron chi connectivity index (χ1n) is 6.31. The molecule has 1 aromatic carbocycles. The van der Waals surface area contributed by atoms with Crippen molar-refractivity contribution in [2.24, 2.45) is 5.92 Å². The zero-order chi connectivity index (χ0) is 13.8. The average molecular weight is 350 g/mol. The van der Waals surface area contributed by atoms with Crippen molar-refractivity contribution in [3.63, 3.8) is 0 Å². The van der Waals surface area contributed by atoms with Crippen LogP contribution in [0.2, 0.25) is 0 Å². The average Bonchev–Trinajstić information content (AvgIpc) is 2.47. The van der Waals surface area contributed by atoms with Gasteiger partial charge in [0.1, 0.15) is 16.0 Å². The van der Waals surface area contributed by atoms with Gasteiger partial charge >= 0.3 is 0 Å². The second-order valence-electron chi connectivity index (χ2n) is 4.56. The molecule has 1 fully saturated rings. The second-order valence-corrected chi connectivity index (χ2v) is 5.82. The van der Waals surface area contributed by atoms with Gasteiger partial charge in [-0.1, -0.05) is 6.07 Å². The molecule has 5 heteroatoms. The highest BCUT2D eigenvalue weighted by Crippen LogP contribution is 2.45. The highest BCUT2D eigenvalue weighted by Gasteiger charge is 2.27. The molecule has 0 aromatic heterocycles. The topological polar surface area (TPSA) is 27.7 Å². The molecule has 1 heterocycles. The Hall–Kier alpha value is -0.450. The fourth-order valence-electron chi connectivity index (χ4n) is 2.40. The van der Waals surface area contributed by atoms with Crippen molar-refractivity contribution < 1.29 is 14.2 Å². The molecule has 1 unspecified atom stereocenters. The predicted octanol–water partition coefficient (Wildman–Crippen LogP) is 4.17. The number of hydrogen-bond donors (Lipinski definition) is 0. The summed E-state index contributed by atoms with van der Waals surface area (Å²) in [6.07, 6.45) is 1.97. The van der Waals surface area contributed by atoms with Crippen molar-refractivity contribution in [2.45, 2.75) is 18.2 Å². The molecule has 2 rings (SSSR count). The molecule has 0 spiro atoms. The van der Waals surface area contributed by atoms with Gasteiger partial charge in [-0.3, -0.25) is 0 Å². The summed E-state index contributed by atoms with van der Waals surface area (Å²) >= 11 is 10.2. The van der Waals surface area contributed by atoms with E-state index in [2.05, 4.69) is 15.9 Å². The van der Waals surface area contributed by atoms with Crippen molar-refractivity contribution in [3.05, 3.63) is 22.2 Å². The van der Waals surface area contributed by atoms with E-state index in [1.807, 2.05) is 12.1 Å². The predicted molar refractivity (Wildman–Crippen MR) is 79.4 cm³/mol. The summed E-state index contributed by atoms with van der Waals surface area (Å²) in [5.41, 5.74) is 1.00. The number of methoxy groups -OCH3 is 2. The summed E-state index contributed by atoms with van der Waals surface area (Å²) in [6.45, 7) is 1.57. The summed E-state index contributed by atoms with van der Waals surface area (Å²) in [6, 6.07) is 3.90. The molecule has 1 atom stereocenters. The molecule has 0 N–H and O–H groups in total. The van der Waals surface area contributed by atoms with Gasteiger partial charge in [-0.05, 0) is 40.8 Å². The maximum absolute atomic E-state index is 6.64. The van der Waals surface area contributed by atoms with Crippen molar-refractivity contribution in [1.29, 1.82) is 0 Å². The van der Waals surface area contributed by atoms with Crippen LogP contribution in [0.5, 0.6) is 11.5 Å². The van der Waals surface area contributed by atoms with E-state index in [-0.39, 0.29) is 5.38 Å². The summed E-state index contributed by atoms with van der Waals surface area (Å²) in [4.78, 5) is 0. The largest absolute Gasteiger partial charge is 0.495 e. The zero-order valence-electron chi connectivity index (χ0n) is 11.1. The molecular weight excluding hydrogens is 332 g/mol. The molecule has 19 heavy (non-hydrogen) atoms. The molecule has 1 aromatic rings. The Morgan fingerprint density at radius 2 is 1.95 bits per heavy atom. The summed E-state index contributed by atoms with van der Waals surface area (Å²) in [5.74, 6) is 1.92. The van der Waals surface area contributed by atoms with Crippen molar-refractivity contribution >= 4 is 27.5 Å². The Kier molecular flexibility index (Phi) is 5.37. The Labute approximate surface area is 127 Å². The van der Waals surface area contributed by atoms with Gasteiger partial charge in [0, 0.05) is 18.8 Å². The number of rotatable bonds is 4. The first-order chi connectivity index (χ1) is 9.19. The van der Waals surface area contributed by atoms with E-state index in [9.17, 15) is 0 Å². The monoisotopic (exact) mass is 348 g/mol. The lowest BCUT2D eigenvalue weighted by Gasteiger charge is -2.27. The van der Waals surface area contributed by atoms with Gasteiger partial charge < -0.3 is 14.2 Å². The SMILES string of the molecule is COc1ccc(C(Cl)C2CCOCC2)c(OC)c1Br. The number of hydrogen-bond acceptors (Lipinski definition) is 3. The lowest BCUT2D eigenvalue weighted by Crippen LogP contribution is -2.19. The molecule has 0 radical (unpaired) electrons. The molecule has 3 nitrogen and oxygen atoms in total. The second kappa shape index (κ2) is 6.82. The van der Waals surface area contributed by atoms with Crippen LogP contribution in [0.1, 0.15) is 23.8 Å². The minimum atomic E-state index is -0.0685. The molecule has 1 aliphatic heterocycles. The Bertz CT molecular complexity index is 433. The minimum absolute atomic E-state index is 0.0685. The smallest absolute Gasteiger partial charge is 0.141 e. The zero-order valence-corrected chi connectivity index (χ0v) is 13.5. The summed E-state index contributed by atoms with van der Waals surface area (Å²) in [5, 5.41) is -0.0685. The van der Waals surface area contributed by atoms with E-state index in [1.54, 1.807) is 14.2 Å². The molecular formula is C14H18BrClO3. The number of ether oxygens (including phenoxy) is 3. The van der Waals surface area contributed by atoms with Crippen LogP contribution in [-0.4, -0.2) is 27.4 Å². The standard InChI is InChI=1S/C14H18BrClO3/c1-17-11-4-3-10(14(18-2)12(11)15)13(16)9-5-7-19-8-6-9/h3-4,9,13H,5-8H2,1-2H3. The third-order valence-electron chi connectivity index (χ3n) is 3.49. The number of alkyl halides is 1. The number of halogens is 2. The third-order valence-corrected chi connectivity index (χ3v) is 4.84. The van der Waals surface area contributed by atoms with Gasteiger partial charge in [-0.25, -0.2) is 0 Å². The highest BCUT2D eigenvalue weighted by atomic mass is 79.9. The quantitative estimate of drug-likeness (QED) is 0.764. The first-order valence-corrected chi connectivity index (χ1v) is 7.54. The Balaban J connectivity index is 2.30. The van der Waals surface area contributed by atoms with Gasteiger partial charge in [-0.15, -0.1) is 11.6 Å². The van der Waals surface area contributed by atoms with E-state index < -0.39 is 0 Å². The van der Waals surface area contributed by atoms with Gasteiger partial charge in [0.2, 0.25) is 0 Å². The minimum Gasteiger partial charge on any atom is -0.495 e. The van der Waals surface area contributed by atoms with Crippen LogP contribution in [-0.2, 0) is 4.74 Å². The van der Waals surface area contributed by atoms with Gasteiger partial charge in [0.25, 0.3) is 0 Å². The molecule has 1 aliphatic rings. The number of benzene rings is 1. The summed E-state index contributed by atoms with van der Waals surface area (Å²) in [7, 11) is 3.28. The van der Waals surface area contributed by atoms with Crippen molar-refractivity contribution in [3.8, 4) is 11.5 Å². The lowest BCUT2D eigenvalue weighted by molar-refractivity contribution is 0.0648. The maximum atomic E-state index is 6.64.